The van der Waals surface area contributed by atoms with Crippen LogP contribution in [0.5, 0.6) is 11.5 Å². The molecule has 1 aliphatic rings. The fraction of sp³-hybridized carbons (Fsp3) is 0.625. The molecular formula is C24H39ClN2NaO3. The fourth-order valence-corrected chi connectivity index (χ4v) is 3.62. The number of nitrogens with one attached hydrogen (secondary N) is 1. The predicted molar refractivity (Wildman–Crippen MR) is 132 cm³/mol. The molecule has 1 fully saturated rings. The van der Waals surface area contributed by atoms with Crippen LogP contribution in [0.15, 0.2) is 24.3 Å². The predicted octanol–water partition coefficient (Wildman–Crippen LogP) is 4.56. The molecule has 1 N–H and O–H groups in total. The first-order valence-electron chi connectivity index (χ1n) is 10.9. The zero-order valence-electron chi connectivity index (χ0n) is 20.0. The van der Waals surface area contributed by atoms with Crippen molar-refractivity contribution >= 4 is 53.9 Å². The molecule has 0 unspecified atom stereocenters. The number of unbranched alkanes of at least 4 members (excludes halogenated alkanes) is 2. The van der Waals surface area contributed by atoms with Crippen molar-refractivity contribution < 1.29 is 14.3 Å². The van der Waals surface area contributed by atoms with Gasteiger partial charge in [-0.15, -0.1) is 12.4 Å². The van der Waals surface area contributed by atoms with Crippen LogP contribution in [0.3, 0.4) is 0 Å². The average Bonchev–Trinajstić information content (AvgIpc) is 2.71. The van der Waals surface area contributed by atoms with Gasteiger partial charge < -0.3 is 19.7 Å². The first kappa shape index (κ1) is 30.3. The summed E-state index contributed by atoms with van der Waals surface area (Å²) in [7, 11) is 5.83. The van der Waals surface area contributed by atoms with Crippen molar-refractivity contribution in [3.63, 3.8) is 0 Å². The molecule has 0 aromatic heterocycles. The topological polar surface area (TPSA) is 50.8 Å². The van der Waals surface area contributed by atoms with E-state index in [1.807, 2.05) is 24.3 Å². The van der Waals surface area contributed by atoms with Gasteiger partial charge in [-0.3, -0.25) is 4.79 Å². The summed E-state index contributed by atoms with van der Waals surface area (Å²) in [6, 6.07) is 6.09. The minimum absolute atomic E-state index is 0. The SMILES string of the molecule is COc1cc(C=CC(=O)NC2CCC(C)CC2)ccc1OCCCCCN(C)C.Cl.[Na]. The van der Waals surface area contributed by atoms with Crippen LogP contribution in [0.4, 0.5) is 0 Å². The Morgan fingerprint density at radius 2 is 1.84 bits per heavy atom. The van der Waals surface area contributed by atoms with E-state index in [1.165, 1.54) is 19.3 Å². The van der Waals surface area contributed by atoms with E-state index in [9.17, 15) is 4.79 Å². The van der Waals surface area contributed by atoms with Crippen LogP contribution in [-0.2, 0) is 4.79 Å². The van der Waals surface area contributed by atoms with E-state index in [0.29, 0.717) is 18.4 Å². The van der Waals surface area contributed by atoms with E-state index in [4.69, 9.17) is 9.47 Å². The zero-order valence-corrected chi connectivity index (χ0v) is 22.8. The molecule has 1 amide bonds. The van der Waals surface area contributed by atoms with Crippen LogP contribution in [0, 0.1) is 5.92 Å². The van der Waals surface area contributed by atoms with E-state index in [1.54, 1.807) is 13.2 Å². The molecule has 171 valence electrons. The van der Waals surface area contributed by atoms with Crippen LogP contribution in [0.25, 0.3) is 6.08 Å². The molecular weight excluding hydrogens is 423 g/mol. The Bertz CT molecular complexity index is 662. The van der Waals surface area contributed by atoms with Gasteiger partial charge >= 0.3 is 0 Å². The minimum Gasteiger partial charge on any atom is -0.493 e. The number of carbonyl (C=O) groups excluding carboxylic acids is 1. The molecule has 0 heterocycles. The van der Waals surface area contributed by atoms with E-state index >= 15 is 0 Å². The van der Waals surface area contributed by atoms with Crippen LogP contribution >= 0.6 is 12.4 Å². The fourth-order valence-electron chi connectivity index (χ4n) is 3.62. The second-order valence-electron chi connectivity index (χ2n) is 8.42. The Morgan fingerprint density at radius 3 is 2.48 bits per heavy atom. The maximum Gasteiger partial charge on any atom is 0.244 e. The monoisotopic (exact) mass is 461 g/mol. The van der Waals surface area contributed by atoms with Crippen molar-refractivity contribution in [2.75, 3.05) is 34.4 Å². The molecule has 2 rings (SSSR count). The molecule has 0 atom stereocenters. The first-order valence-corrected chi connectivity index (χ1v) is 10.9. The van der Waals surface area contributed by atoms with Crippen molar-refractivity contribution in [3.05, 3.63) is 29.8 Å². The number of ether oxygens (including phenoxy) is 2. The Labute approximate surface area is 217 Å². The molecule has 1 aromatic rings. The summed E-state index contributed by atoms with van der Waals surface area (Å²) < 4.78 is 11.4. The number of nitrogens with zero attached hydrogens (tertiary/aromatic N) is 1. The molecule has 0 aliphatic heterocycles. The molecule has 31 heavy (non-hydrogen) atoms. The molecule has 1 aliphatic carbocycles. The third kappa shape index (κ3) is 12.2. The van der Waals surface area contributed by atoms with Crippen molar-refractivity contribution in [3.8, 4) is 11.5 Å². The number of rotatable bonds is 11. The van der Waals surface area contributed by atoms with Gasteiger partial charge in [0.15, 0.2) is 11.5 Å². The second-order valence-corrected chi connectivity index (χ2v) is 8.42. The number of halogens is 1. The van der Waals surface area contributed by atoms with Crippen LogP contribution in [0.1, 0.15) is 57.4 Å². The van der Waals surface area contributed by atoms with Crippen molar-refractivity contribution in [2.24, 2.45) is 5.92 Å². The van der Waals surface area contributed by atoms with E-state index < -0.39 is 0 Å². The summed E-state index contributed by atoms with van der Waals surface area (Å²) >= 11 is 0. The molecule has 1 aromatic carbocycles. The van der Waals surface area contributed by atoms with Gasteiger partial charge in [-0.2, -0.15) is 0 Å². The Morgan fingerprint density at radius 1 is 1.13 bits per heavy atom. The molecule has 0 spiro atoms. The standard InChI is InChI=1S/C24H38N2O3.ClH.Na/c1-19-8-12-21(13-9-19)25-24(27)15-11-20-10-14-22(23(18-20)28-4)29-17-7-5-6-16-26(2)3;;/h10-11,14-15,18-19,21H,5-9,12-13,16-17H2,1-4H3,(H,25,27);1H;. The van der Waals surface area contributed by atoms with Crippen LogP contribution < -0.4 is 14.8 Å². The maximum absolute atomic E-state index is 12.2. The zero-order chi connectivity index (χ0) is 21.1. The quantitative estimate of drug-likeness (QED) is 0.298. The Kier molecular flexibility index (Phi) is 16.5. The van der Waals surface area contributed by atoms with Gasteiger partial charge in [0.05, 0.1) is 13.7 Å². The normalized spacial score (nSPS) is 18.2. The summed E-state index contributed by atoms with van der Waals surface area (Å²) in [4.78, 5) is 14.4. The number of methoxy groups -OCH3 is 1. The van der Waals surface area contributed by atoms with E-state index in [2.05, 4.69) is 31.2 Å². The van der Waals surface area contributed by atoms with Gasteiger partial charge in [0.2, 0.25) is 5.91 Å². The molecule has 7 heteroatoms. The number of hydrogen-bond acceptors (Lipinski definition) is 4. The third-order valence-electron chi connectivity index (χ3n) is 5.48. The second kappa shape index (κ2) is 16.8. The minimum atomic E-state index is -0.0263. The van der Waals surface area contributed by atoms with Crippen LogP contribution in [0.2, 0.25) is 0 Å². The number of benzene rings is 1. The van der Waals surface area contributed by atoms with Crippen molar-refractivity contribution in [2.45, 2.75) is 57.9 Å². The van der Waals surface area contributed by atoms with Gasteiger partial charge in [-0.1, -0.05) is 13.0 Å². The summed E-state index contributed by atoms with van der Waals surface area (Å²) in [5.41, 5.74) is 0.924. The van der Waals surface area contributed by atoms with Gasteiger partial charge in [-0.05, 0) is 95.3 Å². The van der Waals surface area contributed by atoms with E-state index in [0.717, 1.165) is 49.5 Å². The largest absolute Gasteiger partial charge is 0.493 e. The average molecular weight is 462 g/mol. The third-order valence-corrected chi connectivity index (χ3v) is 5.48. The molecule has 0 bridgehead atoms. The summed E-state index contributed by atoms with van der Waals surface area (Å²) in [5, 5.41) is 3.12. The molecule has 1 saturated carbocycles. The smallest absolute Gasteiger partial charge is 0.244 e. The van der Waals surface area contributed by atoms with Crippen molar-refractivity contribution in [1.82, 2.24) is 10.2 Å². The van der Waals surface area contributed by atoms with Gasteiger partial charge in [0.1, 0.15) is 0 Å². The summed E-state index contributed by atoms with van der Waals surface area (Å²) in [6.45, 7) is 4.07. The molecule has 1 radical (unpaired) electrons. The Hall–Kier alpha value is -0.720. The van der Waals surface area contributed by atoms with Gasteiger partial charge in [-0.25, -0.2) is 0 Å². The van der Waals surface area contributed by atoms with E-state index in [-0.39, 0.29) is 47.9 Å². The summed E-state index contributed by atoms with van der Waals surface area (Å²) in [5.74, 6) is 2.20. The first-order chi connectivity index (χ1) is 14.0. The number of hydrogen-bond donors (Lipinski definition) is 1. The summed E-state index contributed by atoms with van der Waals surface area (Å²) in [6.07, 6.45) is 11.3. The maximum atomic E-state index is 12.2. The van der Waals surface area contributed by atoms with Crippen LogP contribution in [-0.4, -0.2) is 80.8 Å². The van der Waals surface area contributed by atoms with Crippen molar-refractivity contribution in [1.29, 1.82) is 0 Å². The van der Waals surface area contributed by atoms with Gasteiger partial charge in [0.25, 0.3) is 0 Å². The number of carbonyl (C=O) groups is 1. The molecule has 5 nitrogen and oxygen atoms in total. The van der Waals surface area contributed by atoms with Gasteiger partial charge in [0, 0.05) is 41.7 Å². The number of amides is 1. The molecule has 0 saturated heterocycles. The Balaban J connectivity index is 0.00000450.